The normalized spacial score (nSPS) is 10.4. The van der Waals surface area contributed by atoms with Crippen LogP contribution in [0.3, 0.4) is 0 Å². The van der Waals surface area contributed by atoms with Crippen molar-refractivity contribution >= 4 is 17.3 Å². The summed E-state index contributed by atoms with van der Waals surface area (Å²) in [5, 5.41) is 13.8. The van der Waals surface area contributed by atoms with Crippen molar-refractivity contribution < 1.29 is 9.84 Å². The van der Waals surface area contributed by atoms with E-state index in [1.54, 1.807) is 0 Å². The van der Waals surface area contributed by atoms with Gasteiger partial charge >= 0.3 is 0 Å². The van der Waals surface area contributed by atoms with Gasteiger partial charge in [-0.25, -0.2) is 0 Å². The highest BCUT2D eigenvalue weighted by atomic mass is 35.5. The molecule has 0 radical (unpaired) electrons. The number of nitrogens with one attached hydrogen (secondary N) is 1. The molecule has 0 amide bonds. The minimum Gasteiger partial charge on any atom is -0.507 e. The second kappa shape index (κ2) is 7.23. The standard InChI is InChI=1S/C17H20ClNO2/c1-3-9-21-16-8-7-14(10-15(16)18)19-11-13-6-4-5-12(2)17(13)20/h4-8,10,19-20H,3,9,11H2,1-2H3. The number of anilines is 1. The quantitative estimate of drug-likeness (QED) is 0.809. The Kier molecular flexibility index (Phi) is 5.34. The zero-order valence-corrected chi connectivity index (χ0v) is 13.1. The summed E-state index contributed by atoms with van der Waals surface area (Å²) in [6.45, 7) is 5.14. The number of aromatic hydroxyl groups is 1. The van der Waals surface area contributed by atoms with Gasteiger partial charge in [-0.3, -0.25) is 0 Å². The number of ether oxygens (including phenoxy) is 1. The van der Waals surface area contributed by atoms with Gasteiger partial charge in [-0.05, 0) is 37.1 Å². The fourth-order valence-corrected chi connectivity index (χ4v) is 2.23. The van der Waals surface area contributed by atoms with Crippen LogP contribution < -0.4 is 10.1 Å². The summed E-state index contributed by atoms with van der Waals surface area (Å²) in [5.41, 5.74) is 2.62. The number of aryl methyl sites for hydroxylation is 1. The number of phenolic OH excluding ortho intramolecular Hbond substituents is 1. The molecule has 4 heteroatoms. The number of hydrogen-bond donors (Lipinski definition) is 2. The molecular weight excluding hydrogens is 286 g/mol. The first-order valence-corrected chi connectivity index (χ1v) is 7.43. The van der Waals surface area contributed by atoms with Gasteiger partial charge in [0.15, 0.2) is 0 Å². The van der Waals surface area contributed by atoms with Crippen LogP contribution in [0.1, 0.15) is 24.5 Å². The topological polar surface area (TPSA) is 41.5 Å². The van der Waals surface area contributed by atoms with Crippen molar-refractivity contribution in [1.82, 2.24) is 0 Å². The van der Waals surface area contributed by atoms with E-state index in [0.29, 0.717) is 29.7 Å². The van der Waals surface area contributed by atoms with Crippen LogP contribution >= 0.6 is 11.6 Å². The molecule has 0 saturated heterocycles. The Morgan fingerprint density at radius 2 is 2.05 bits per heavy atom. The second-order valence-electron chi connectivity index (χ2n) is 4.93. The van der Waals surface area contributed by atoms with Crippen LogP contribution in [-0.2, 0) is 6.54 Å². The number of benzene rings is 2. The Morgan fingerprint density at radius 3 is 2.76 bits per heavy atom. The molecule has 0 aliphatic carbocycles. The third kappa shape index (κ3) is 4.05. The van der Waals surface area contributed by atoms with E-state index < -0.39 is 0 Å². The molecule has 112 valence electrons. The van der Waals surface area contributed by atoms with Crippen molar-refractivity contribution in [2.75, 3.05) is 11.9 Å². The molecule has 0 aliphatic rings. The summed E-state index contributed by atoms with van der Waals surface area (Å²) in [6, 6.07) is 11.3. The summed E-state index contributed by atoms with van der Waals surface area (Å²) >= 11 is 6.19. The van der Waals surface area contributed by atoms with Crippen LogP contribution in [-0.4, -0.2) is 11.7 Å². The first-order valence-electron chi connectivity index (χ1n) is 7.05. The van der Waals surface area contributed by atoms with E-state index in [4.69, 9.17) is 16.3 Å². The molecule has 0 aliphatic heterocycles. The van der Waals surface area contributed by atoms with Gasteiger partial charge in [0.25, 0.3) is 0 Å². The van der Waals surface area contributed by atoms with Crippen LogP contribution in [0.4, 0.5) is 5.69 Å². The first kappa shape index (κ1) is 15.5. The lowest BCUT2D eigenvalue weighted by atomic mass is 10.1. The second-order valence-corrected chi connectivity index (χ2v) is 5.34. The van der Waals surface area contributed by atoms with Gasteiger partial charge in [0.1, 0.15) is 11.5 Å². The van der Waals surface area contributed by atoms with Crippen LogP contribution in [0, 0.1) is 6.92 Å². The van der Waals surface area contributed by atoms with Gasteiger partial charge < -0.3 is 15.2 Å². The van der Waals surface area contributed by atoms with Gasteiger partial charge in [0.05, 0.1) is 11.6 Å². The molecule has 2 rings (SSSR count). The van der Waals surface area contributed by atoms with Crippen LogP contribution in [0.2, 0.25) is 5.02 Å². The summed E-state index contributed by atoms with van der Waals surface area (Å²) in [5.74, 6) is 1.03. The van der Waals surface area contributed by atoms with E-state index in [2.05, 4.69) is 12.2 Å². The van der Waals surface area contributed by atoms with Crippen molar-refractivity contribution in [3.63, 3.8) is 0 Å². The van der Waals surface area contributed by atoms with Gasteiger partial charge in [-0.1, -0.05) is 36.7 Å². The van der Waals surface area contributed by atoms with Crippen LogP contribution in [0.5, 0.6) is 11.5 Å². The van der Waals surface area contributed by atoms with Crippen LogP contribution in [0.25, 0.3) is 0 Å². The van der Waals surface area contributed by atoms with Gasteiger partial charge in [-0.2, -0.15) is 0 Å². The van der Waals surface area contributed by atoms with E-state index in [9.17, 15) is 5.11 Å². The van der Waals surface area contributed by atoms with Gasteiger partial charge in [0.2, 0.25) is 0 Å². The zero-order chi connectivity index (χ0) is 15.2. The molecule has 2 aromatic rings. The smallest absolute Gasteiger partial charge is 0.138 e. The molecule has 0 heterocycles. The molecule has 0 saturated carbocycles. The highest BCUT2D eigenvalue weighted by Gasteiger charge is 2.05. The molecule has 0 unspecified atom stereocenters. The molecule has 2 aromatic carbocycles. The largest absolute Gasteiger partial charge is 0.507 e. The van der Waals surface area contributed by atoms with Gasteiger partial charge in [-0.15, -0.1) is 0 Å². The summed E-state index contributed by atoms with van der Waals surface area (Å²) in [4.78, 5) is 0. The molecule has 0 fully saturated rings. The Hall–Kier alpha value is -1.87. The number of phenols is 1. The summed E-state index contributed by atoms with van der Waals surface area (Å²) < 4.78 is 5.54. The number of rotatable bonds is 6. The van der Waals surface area contributed by atoms with Crippen LogP contribution in [0.15, 0.2) is 36.4 Å². The first-order chi connectivity index (χ1) is 10.1. The predicted octanol–water partition coefficient (Wildman–Crippen LogP) is 4.75. The highest BCUT2D eigenvalue weighted by Crippen LogP contribution is 2.29. The molecule has 0 bridgehead atoms. The minimum atomic E-state index is 0.332. The Labute approximate surface area is 130 Å². The van der Waals surface area contributed by atoms with Crippen molar-refractivity contribution in [3.05, 3.63) is 52.5 Å². The molecule has 2 N–H and O–H groups in total. The Balaban J connectivity index is 2.03. The zero-order valence-electron chi connectivity index (χ0n) is 12.3. The summed E-state index contributed by atoms with van der Waals surface area (Å²) in [6.07, 6.45) is 0.947. The monoisotopic (exact) mass is 305 g/mol. The van der Waals surface area contributed by atoms with Gasteiger partial charge in [0, 0.05) is 17.8 Å². The highest BCUT2D eigenvalue weighted by molar-refractivity contribution is 6.32. The average Bonchev–Trinajstić information content (AvgIpc) is 2.48. The lowest BCUT2D eigenvalue weighted by Gasteiger charge is -2.12. The average molecular weight is 306 g/mol. The third-order valence-electron chi connectivity index (χ3n) is 3.20. The van der Waals surface area contributed by atoms with Crippen molar-refractivity contribution in [1.29, 1.82) is 0 Å². The minimum absolute atomic E-state index is 0.332. The number of hydrogen-bond acceptors (Lipinski definition) is 3. The Bertz CT molecular complexity index is 614. The van der Waals surface area contributed by atoms with E-state index in [0.717, 1.165) is 23.2 Å². The van der Waals surface area contributed by atoms with E-state index in [1.165, 1.54) is 0 Å². The predicted molar refractivity (Wildman–Crippen MR) is 87.4 cm³/mol. The Morgan fingerprint density at radius 1 is 1.24 bits per heavy atom. The molecule has 0 aromatic heterocycles. The van der Waals surface area contributed by atoms with E-state index in [1.807, 2.05) is 43.3 Å². The fraction of sp³-hybridized carbons (Fsp3) is 0.294. The summed E-state index contributed by atoms with van der Waals surface area (Å²) in [7, 11) is 0. The molecule has 3 nitrogen and oxygen atoms in total. The maximum absolute atomic E-state index is 9.99. The third-order valence-corrected chi connectivity index (χ3v) is 3.49. The van der Waals surface area contributed by atoms with E-state index in [-0.39, 0.29) is 0 Å². The lowest BCUT2D eigenvalue weighted by molar-refractivity contribution is 0.317. The SMILES string of the molecule is CCCOc1ccc(NCc2cccc(C)c2O)cc1Cl. The lowest BCUT2D eigenvalue weighted by Crippen LogP contribution is -2.01. The fourth-order valence-electron chi connectivity index (χ4n) is 2.00. The maximum Gasteiger partial charge on any atom is 0.138 e. The molecular formula is C17H20ClNO2. The maximum atomic E-state index is 9.99. The van der Waals surface area contributed by atoms with E-state index >= 15 is 0 Å². The number of halogens is 1. The molecule has 0 atom stereocenters. The molecule has 21 heavy (non-hydrogen) atoms. The number of para-hydroxylation sites is 1. The molecule has 0 spiro atoms. The van der Waals surface area contributed by atoms with Crippen molar-refractivity contribution in [3.8, 4) is 11.5 Å². The van der Waals surface area contributed by atoms with Crippen molar-refractivity contribution in [2.24, 2.45) is 0 Å². The van der Waals surface area contributed by atoms with Crippen molar-refractivity contribution in [2.45, 2.75) is 26.8 Å².